The predicted octanol–water partition coefficient (Wildman–Crippen LogP) is 1.16. The lowest BCUT2D eigenvalue weighted by molar-refractivity contribution is 0.219. The van der Waals surface area contributed by atoms with Crippen LogP contribution in [0, 0.1) is 0 Å². The maximum Gasteiger partial charge on any atom is 0.150 e. The van der Waals surface area contributed by atoms with Crippen LogP contribution < -0.4 is 10.1 Å². The number of benzene rings is 1. The van der Waals surface area contributed by atoms with Crippen molar-refractivity contribution in [3.05, 3.63) is 29.8 Å². The van der Waals surface area contributed by atoms with Crippen molar-refractivity contribution in [1.29, 1.82) is 0 Å². The van der Waals surface area contributed by atoms with E-state index in [0.29, 0.717) is 17.5 Å². The van der Waals surface area contributed by atoms with Gasteiger partial charge in [-0.15, -0.1) is 0 Å². The van der Waals surface area contributed by atoms with Gasteiger partial charge in [0.15, 0.2) is 0 Å². The molecule has 1 N–H and O–H groups in total. The molecule has 3 rings (SSSR count). The molecule has 0 spiro atoms. The molecule has 1 aromatic carbocycles. The molecule has 1 aromatic rings. The molecule has 104 valence electrons. The zero-order chi connectivity index (χ0) is 13.3. The first-order valence-corrected chi connectivity index (χ1v) is 8.63. The maximum absolute atomic E-state index is 11.4. The molecule has 4 nitrogen and oxygen atoms in total. The molecule has 5 heteroatoms. The Bertz CT molecular complexity index is 517. The van der Waals surface area contributed by atoms with Crippen molar-refractivity contribution in [2.75, 3.05) is 18.1 Å². The number of hydrogen-bond donors (Lipinski definition) is 1. The Morgan fingerprint density at radius 3 is 2.68 bits per heavy atom. The summed E-state index contributed by atoms with van der Waals surface area (Å²) in [7, 11) is -2.77. The summed E-state index contributed by atoms with van der Waals surface area (Å²) in [5, 5.41) is 3.45. The van der Waals surface area contributed by atoms with Crippen LogP contribution in [-0.4, -0.2) is 38.6 Å². The lowest BCUT2D eigenvalue weighted by Crippen LogP contribution is -2.42. The number of sulfone groups is 1. The molecule has 2 heterocycles. The number of rotatable bonds is 3. The summed E-state index contributed by atoms with van der Waals surface area (Å²) in [4.78, 5) is 0. The number of fused-ring (bicyclic) bond motifs is 1. The Kier molecular flexibility index (Phi) is 3.50. The van der Waals surface area contributed by atoms with Crippen molar-refractivity contribution >= 4 is 9.84 Å². The molecule has 1 fully saturated rings. The molecule has 0 radical (unpaired) electrons. The average molecular weight is 281 g/mol. The minimum absolute atomic E-state index is 0.177. The monoisotopic (exact) mass is 281 g/mol. The van der Waals surface area contributed by atoms with Gasteiger partial charge in [0.05, 0.1) is 11.5 Å². The van der Waals surface area contributed by atoms with Crippen LogP contribution in [0.4, 0.5) is 0 Å². The number of hydrogen-bond acceptors (Lipinski definition) is 4. The molecule has 19 heavy (non-hydrogen) atoms. The molecule has 0 saturated carbocycles. The Labute approximate surface area is 114 Å². The van der Waals surface area contributed by atoms with Crippen molar-refractivity contribution in [2.45, 2.75) is 31.4 Å². The third kappa shape index (κ3) is 3.09. The quantitative estimate of drug-likeness (QED) is 0.903. The van der Waals surface area contributed by atoms with Crippen molar-refractivity contribution < 1.29 is 13.2 Å². The van der Waals surface area contributed by atoms with Gasteiger partial charge in [0.1, 0.15) is 21.7 Å². The van der Waals surface area contributed by atoms with Gasteiger partial charge in [0.2, 0.25) is 0 Å². The fraction of sp³-hybridized carbons (Fsp3) is 0.571. The molecular formula is C14H19NO3S. The minimum Gasteiger partial charge on any atom is -0.488 e. The number of nitrogens with one attached hydrogen (secondary N) is 1. The van der Waals surface area contributed by atoms with E-state index < -0.39 is 9.84 Å². The van der Waals surface area contributed by atoms with Crippen LogP contribution in [0.25, 0.3) is 0 Å². The Balaban J connectivity index is 1.48. The van der Waals surface area contributed by atoms with E-state index in [0.717, 1.165) is 31.6 Å². The van der Waals surface area contributed by atoms with Crippen LogP contribution in [0.3, 0.4) is 0 Å². The largest absolute Gasteiger partial charge is 0.488 e. The van der Waals surface area contributed by atoms with E-state index in [-0.39, 0.29) is 6.10 Å². The second kappa shape index (κ2) is 5.13. The van der Waals surface area contributed by atoms with Gasteiger partial charge in [0.25, 0.3) is 0 Å². The van der Waals surface area contributed by atoms with Crippen LogP contribution in [-0.2, 0) is 16.3 Å². The summed E-state index contributed by atoms with van der Waals surface area (Å²) in [6.07, 6.45) is 2.56. The van der Waals surface area contributed by atoms with Gasteiger partial charge in [-0.3, -0.25) is 0 Å². The molecule has 0 aliphatic carbocycles. The normalized spacial score (nSPS) is 25.8. The Hall–Kier alpha value is -1.07. The van der Waals surface area contributed by atoms with Crippen LogP contribution in [0.2, 0.25) is 0 Å². The van der Waals surface area contributed by atoms with Gasteiger partial charge in [-0.25, -0.2) is 8.42 Å². The third-order valence-corrected chi connectivity index (χ3v) is 5.62. The number of ether oxygens (including phenoxy) is 1. The highest BCUT2D eigenvalue weighted by atomic mass is 32.2. The first-order chi connectivity index (χ1) is 9.12. The van der Waals surface area contributed by atoms with Crippen molar-refractivity contribution in [2.24, 2.45) is 0 Å². The average Bonchev–Trinajstić information content (AvgIpc) is 2.80. The molecule has 1 atom stereocenters. The van der Waals surface area contributed by atoms with Gasteiger partial charge in [-0.05, 0) is 24.5 Å². The zero-order valence-corrected chi connectivity index (χ0v) is 11.7. The molecule has 2 aliphatic heterocycles. The van der Waals surface area contributed by atoms with E-state index in [4.69, 9.17) is 4.74 Å². The summed E-state index contributed by atoms with van der Waals surface area (Å²) in [6, 6.07) is 8.44. The predicted molar refractivity (Wildman–Crippen MR) is 74.2 cm³/mol. The molecule has 2 aliphatic rings. The van der Waals surface area contributed by atoms with Gasteiger partial charge >= 0.3 is 0 Å². The van der Waals surface area contributed by atoms with Crippen LogP contribution in [0.15, 0.2) is 24.3 Å². The van der Waals surface area contributed by atoms with Crippen molar-refractivity contribution in [3.8, 4) is 5.75 Å². The zero-order valence-electron chi connectivity index (χ0n) is 10.8. The van der Waals surface area contributed by atoms with E-state index in [1.807, 2.05) is 18.2 Å². The van der Waals surface area contributed by atoms with Crippen LogP contribution in [0.5, 0.6) is 5.75 Å². The lowest BCUT2D eigenvalue weighted by Gasteiger charge is -2.24. The summed E-state index contributed by atoms with van der Waals surface area (Å²) in [6.45, 7) is 0.791. The van der Waals surface area contributed by atoms with E-state index in [1.165, 1.54) is 5.56 Å². The second-order valence-corrected chi connectivity index (χ2v) is 7.69. The molecule has 1 saturated heterocycles. The minimum atomic E-state index is -2.77. The highest BCUT2D eigenvalue weighted by Crippen LogP contribution is 2.27. The van der Waals surface area contributed by atoms with E-state index in [2.05, 4.69) is 11.4 Å². The SMILES string of the molecule is O=S1(=O)CCC(NCC2Cc3ccccc3O2)CC1. The molecule has 1 unspecified atom stereocenters. The fourth-order valence-electron chi connectivity index (χ4n) is 2.76. The standard InChI is InChI=1S/C14H19NO3S/c16-19(17)7-5-12(6-8-19)15-10-13-9-11-3-1-2-4-14(11)18-13/h1-4,12-13,15H,5-10H2. The summed E-state index contributed by atoms with van der Waals surface area (Å²) >= 11 is 0. The number of para-hydroxylation sites is 1. The summed E-state index contributed by atoms with van der Waals surface area (Å²) in [5.41, 5.74) is 1.26. The highest BCUT2D eigenvalue weighted by Gasteiger charge is 2.26. The first kappa shape index (κ1) is 12.9. The van der Waals surface area contributed by atoms with Crippen molar-refractivity contribution in [1.82, 2.24) is 5.32 Å². The van der Waals surface area contributed by atoms with Crippen LogP contribution >= 0.6 is 0 Å². The highest BCUT2D eigenvalue weighted by molar-refractivity contribution is 7.91. The Morgan fingerprint density at radius 1 is 1.21 bits per heavy atom. The smallest absolute Gasteiger partial charge is 0.150 e. The molecule has 0 bridgehead atoms. The first-order valence-electron chi connectivity index (χ1n) is 6.81. The van der Waals surface area contributed by atoms with Gasteiger partial charge in [-0.1, -0.05) is 18.2 Å². The van der Waals surface area contributed by atoms with E-state index in [9.17, 15) is 8.42 Å². The van der Waals surface area contributed by atoms with Gasteiger partial charge in [-0.2, -0.15) is 0 Å². The Morgan fingerprint density at radius 2 is 1.95 bits per heavy atom. The molecule has 0 aromatic heterocycles. The van der Waals surface area contributed by atoms with Gasteiger partial charge in [0, 0.05) is 19.0 Å². The fourth-order valence-corrected chi connectivity index (χ4v) is 4.25. The van der Waals surface area contributed by atoms with Gasteiger partial charge < -0.3 is 10.1 Å². The van der Waals surface area contributed by atoms with E-state index in [1.54, 1.807) is 0 Å². The summed E-state index contributed by atoms with van der Waals surface area (Å²) < 4.78 is 28.6. The topological polar surface area (TPSA) is 55.4 Å². The maximum atomic E-state index is 11.4. The third-order valence-electron chi connectivity index (χ3n) is 3.90. The summed E-state index contributed by atoms with van der Waals surface area (Å²) in [5.74, 6) is 1.62. The van der Waals surface area contributed by atoms with E-state index >= 15 is 0 Å². The van der Waals surface area contributed by atoms with Crippen molar-refractivity contribution in [3.63, 3.8) is 0 Å². The molecule has 0 amide bonds. The van der Waals surface area contributed by atoms with Crippen LogP contribution in [0.1, 0.15) is 18.4 Å². The second-order valence-electron chi connectivity index (χ2n) is 5.39. The molecular weight excluding hydrogens is 262 g/mol. The lowest BCUT2D eigenvalue weighted by atomic mass is 10.1.